The van der Waals surface area contributed by atoms with Gasteiger partial charge in [-0.15, -0.1) is 24.0 Å². The zero-order chi connectivity index (χ0) is 17.7. The predicted molar refractivity (Wildman–Crippen MR) is 119 cm³/mol. The Kier molecular flexibility index (Phi) is 8.03. The highest BCUT2D eigenvalue weighted by molar-refractivity contribution is 14.0. The molecule has 0 bridgehead atoms. The Bertz CT molecular complexity index is 623. The number of aliphatic imine (C=N–C) groups is 1. The molecule has 2 atom stereocenters. The molecule has 2 saturated heterocycles. The quantitative estimate of drug-likeness (QED) is 0.334. The molecule has 0 aliphatic carbocycles. The lowest BCUT2D eigenvalue weighted by atomic mass is 10.1. The fraction of sp³-hybridized carbons (Fsp3) is 0.556. The Balaban J connectivity index is 0.00000243. The van der Waals surface area contributed by atoms with E-state index in [1.807, 2.05) is 42.2 Å². The van der Waals surface area contributed by atoms with E-state index in [1.165, 1.54) is 0 Å². The normalized spacial score (nSPS) is 25.9. The molecule has 6 nitrogen and oxygen atoms in total. The number of carbonyl (C=O) groups is 1. The van der Waals surface area contributed by atoms with Crippen molar-refractivity contribution in [3.8, 4) is 0 Å². The van der Waals surface area contributed by atoms with Crippen LogP contribution in [0.4, 0.5) is 5.69 Å². The van der Waals surface area contributed by atoms with E-state index in [1.54, 1.807) is 11.8 Å². The molecule has 1 aromatic rings. The molecule has 3 N–H and O–H groups in total. The van der Waals surface area contributed by atoms with Crippen LogP contribution in [-0.2, 0) is 4.79 Å². The molecule has 1 aromatic carbocycles. The number of thioether (sulfide) groups is 1. The lowest BCUT2D eigenvalue weighted by molar-refractivity contribution is -0.117. The van der Waals surface area contributed by atoms with Gasteiger partial charge in [0.25, 0.3) is 0 Å². The molecule has 0 radical (unpaired) electrons. The summed E-state index contributed by atoms with van der Waals surface area (Å²) in [6, 6.07) is 9.74. The molecule has 2 unspecified atom stereocenters. The summed E-state index contributed by atoms with van der Waals surface area (Å²) in [5, 5.41) is 17.0. The summed E-state index contributed by atoms with van der Waals surface area (Å²) in [6.45, 7) is 3.75. The molecule has 2 fully saturated rings. The van der Waals surface area contributed by atoms with Gasteiger partial charge in [-0.1, -0.05) is 18.2 Å². The maximum Gasteiger partial charge on any atom is 0.229 e. The van der Waals surface area contributed by atoms with Gasteiger partial charge < -0.3 is 20.6 Å². The number of benzene rings is 1. The van der Waals surface area contributed by atoms with Gasteiger partial charge in [0.2, 0.25) is 5.91 Å². The van der Waals surface area contributed by atoms with Crippen molar-refractivity contribution < 1.29 is 9.90 Å². The minimum atomic E-state index is -0.700. The molecular weight excluding hydrogens is 463 g/mol. The highest BCUT2D eigenvalue weighted by Crippen LogP contribution is 2.28. The van der Waals surface area contributed by atoms with Crippen LogP contribution in [0.25, 0.3) is 0 Å². The third kappa shape index (κ3) is 5.50. The molecule has 8 heteroatoms. The summed E-state index contributed by atoms with van der Waals surface area (Å²) in [7, 11) is 0. The molecule has 1 amide bonds. The average molecular weight is 490 g/mol. The summed E-state index contributed by atoms with van der Waals surface area (Å²) >= 11 is 1.77. The molecule has 26 heavy (non-hydrogen) atoms. The first-order valence-corrected chi connectivity index (χ1v) is 9.95. The van der Waals surface area contributed by atoms with Gasteiger partial charge in [0, 0.05) is 31.0 Å². The van der Waals surface area contributed by atoms with Gasteiger partial charge in [0.05, 0.1) is 18.2 Å². The predicted octanol–water partition coefficient (Wildman–Crippen LogP) is 1.83. The number of amides is 1. The first kappa shape index (κ1) is 21.3. The van der Waals surface area contributed by atoms with Gasteiger partial charge in [-0.05, 0) is 31.2 Å². The number of nitrogens with one attached hydrogen (secondary N) is 2. The topological polar surface area (TPSA) is 77.0 Å². The van der Waals surface area contributed by atoms with E-state index in [2.05, 4.69) is 15.6 Å². The number of carbonyl (C=O) groups excluding carboxylic acids is 1. The summed E-state index contributed by atoms with van der Waals surface area (Å²) in [4.78, 5) is 18.7. The monoisotopic (exact) mass is 490 g/mol. The van der Waals surface area contributed by atoms with E-state index in [4.69, 9.17) is 0 Å². The smallest absolute Gasteiger partial charge is 0.229 e. The van der Waals surface area contributed by atoms with Gasteiger partial charge in [0.1, 0.15) is 0 Å². The fourth-order valence-corrected chi connectivity index (χ4v) is 4.41. The lowest BCUT2D eigenvalue weighted by Gasteiger charge is -2.21. The van der Waals surface area contributed by atoms with Crippen LogP contribution in [0.15, 0.2) is 35.3 Å². The van der Waals surface area contributed by atoms with Crippen molar-refractivity contribution in [2.24, 2.45) is 4.99 Å². The van der Waals surface area contributed by atoms with Crippen LogP contribution in [0, 0.1) is 0 Å². The molecular formula is C18H27IN4O2S. The van der Waals surface area contributed by atoms with Crippen LogP contribution >= 0.6 is 35.7 Å². The van der Waals surface area contributed by atoms with Gasteiger partial charge >= 0.3 is 0 Å². The molecule has 3 rings (SSSR count). The Labute approximate surface area is 176 Å². The number of hydrogen-bond acceptors (Lipinski definition) is 4. The van der Waals surface area contributed by atoms with Crippen molar-refractivity contribution in [2.75, 3.05) is 36.0 Å². The number of nitrogens with zero attached hydrogens (tertiary/aromatic N) is 2. The van der Waals surface area contributed by atoms with E-state index >= 15 is 0 Å². The SMILES string of the molecule is CCNC(=NCC1(O)CCSC1)NC1CC(=O)N(c2ccccc2)C1.I. The molecule has 2 aliphatic heterocycles. The van der Waals surface area contributed by atoms with E-state index in [0.717, 1.165) is 30.2 Å². The van der Waals surface area contributed by atoms with Crippen LogP contribution in [0.2, 0.25) is 0 Å². The number of guanidine groups is 1. The van der Waals surface area contributed by atoms with Gasteiger partial charge in [-0.3, -0.25) is 9.79 Å². The number of aliphatic hydroxyl groups is 1. The Morgan fingerprint density at radius 1 is 1.42 bits per heavy atom. The zero-order valence-corrected chi connectivity index (χ0v) is 18.1. The van der Waals surface area contributed by atoms with Crippen molar-refractivity contribution in [3.05, 3.63) is 30.3 Å². The highest BCUT2D eigenvalue weighted by atomic mass is 127. The van der Waals surface area contributed by atoms with Crippen molar-refractivity contribution in [1.82, 2.24) is 10.6 Å². The molecule has 0 aromatic heterocycles. The minimum Gasteiger partial charge on any atom is -0.387 e. The molecule has 0 spiro atoms. The summed E-state index contributed by atoms with van der Waals surface area (Å²) in [6.07, 6.45) is 1.23. The van der Waals surface area contributed by atoms with Crippen molar-refractivity contribution in [1.29, 1.82) is 0 Å². The second-order valence-electron chi connectivity index (χ2n) is 6.61. The summed E-state index contributed by atoms with van der Waals surface area (Å²) in [5.74, 6) is 2.50. The van der Waals surface area contributed by atoms with Crippen LogP contribution in [-0.4, -0.2) is 59.8 Å². The zero-order valence-electron chi connectivity index (χ0n) is 15.0. The van der Waals surface area contributed by atoms with Crippen LogP contribution < -0.4 is 15.5 Å². The fourth-order valence-electron chi connectivity index (χ4n) is 3.12. The number of anilines is 1. The van der Waals surface area contributed by atoms with E-state index in [-0.39, 0.29) is 35.9 Å². The molecule has 2 aliphatic rings. The van der Waals surface area contributed by atoms with Gasteiger partial charge in [-0.25, -0.2) is 0 Å². The van der Waals surface area contributed by atoms with Crippen molar-refractivity contribution in [2.45, 2.75) is 31.4 Å². The van der Waals surface area contributed by atoms with Crippen molar-refractivity contribution >= 4 is 53.3 Å². The maximum atomic E-state index is 12.3. The second-order valence-corrected chi connectivity index (χ2v) is 7.71. The van der Waals surface area contributed by atoms with E-state index < -0.39 is 5.60 Å². The van der Waals surface area contributed by atoms with Gasteiger partial charge in [-0.2, -0.15) is 11.8 Å². The van der Waals surface area contributed by atoms with E-state index in [0.29, 0.717) is 25.5 Å². The standard InChI is InChI=1S/C18H26N4O2S.HI/c1-2-19-17(20-12-18(24)8-9-25-13-18)21-14-10-16(23)22(11-14)15-6-4-3-5-7-15;/h3-7,14,24H,2,8-13H2,1H3,(H2,19,20,21);1H. The Morgan fingerprint density at radius 2 is 2.19 bits per heavy atom. The molecule has 2 heterocycles. The number of halogens is 1. The lowest BCUT2D eigenvalue weighted by Crippen LogP contribution is -2.45. The highest BCUT2D eigenvalue weighted by Gasteiger charge is 2.33. The largest absolute Gasteiger partial charge is 0.387 e. The Hall–Kier alpha value is -1.000. The van der Waals surface area contributed by atoms with Gasteiger partial charge in [0.15, 0.2) is 5.96 Å². The molecule has 0 saturated carbocycles. The van der Waals surface area contributed by atoms with Crippen LogP contribution in [0.3, 0.4) is 0 Å². The number of para-hydroxylation sites is 1. The van der Waals surface area contributed by atoms with Crippen LogP contribution in [0.5, 0.6) is 0 Å². The first-order valence-electron chi connectivity index (χ1n) is 8.80. The molecule has 144 valence electrons. The third-order valence-corrected chi connectivity index (χ3v) is 5.73. The number of hydrogen-bond donors (Lipinski definition) is 3. The summed E-state index contributed by atoms with van der Waals surface area (Å²) < 4.78 is 0. The summed E-state index contributed by atoms with van der Waals surface area (Å²) in [5.41, 5.74) is 0.227. The third-order valence-electron chi connectivity index (χ3n) is 4.49. The first-order chi connectivity index (χ1) is 12.1. The maximum absolute atomic E-state index is 12.3. The number of rotatable bonds is 5. The Morgan fingerprint density at radius 3 is 2.85 bits per heavy atom. The second kappa shape index (κ2) is 9.80. The minimum absolute atomic E-state index is 0. The van der Waals surface area contributed by atoms with E-state index in [9.17, 15) is 9.90 Å². The van der Waals surface area contributed by atoms with Crippen LogP contribution in [0.1, 0.15) is 19.8 Å². The average Bonchev–Trinajstić information content (AvgIpc) is 3.20. The van der Waals surface area contributed by atoms with Crippen molar-refractivity contribution in [3.63, 3.8) is 0 Å².